The van der Waals surface area contributed by atoms with E-state index in [2.05, 4.69) is 10.9 Å². The normalized spacial score (nSPS) is 10.1. The minimum atomic E-state index is -0.186. The standard InChI is InChI=1S/C20H22N4O2.BrH/c1-16-23(2)12-13-24(16)15-21-22-20(25)18-8-10-19(11-9-18)26-14-17-6-4-3-5-7-17;/h3-13,21H,14-15H2,1-2H3;1H. The van der Waals surface area contributed by atoms with Gasteiger partial charge in [-0.15, -0.1) is 0 Å². The molecule has 0 atom stereocenters. The van der Waals surface area contributed by atoms with Gasteiger partial charge in [0.25, 0.3) is 11.7 Å². The van der Waals surface area contributed by atoms with E-state index in [4.69, 9.17) is 4.74 Å². The van der Waals surface area contributed by atoms with E-state index in [0.717, 1.165) is 17.1 Å². The van der Waals surface area contributed by atoms with Crippen molar-refractivity contribution < 1.29 is 31.1 Å². The zero-order valence-electron chi connectivity index (χ0n) is 15.4. The summed E-state index contributed by atoms with van der Waals surface area (Å²) in [7, 11) is 1.98. The number of ether oxygens (including phenoxy) is 1. The Morgan fingerprint density at radius 2 is 1.81 bits per heavy atom. The Morgan fingerprint density at radius 1 is 1.11 bits per heavy atom. The molecule has 2 aromatic carbocycles. The predicted molar refractivity (Wildman–Crippen MR) is 98.2 cm³/mol. The van der Waals surface area contributed by atoms with Gasteiger partial charge in [0.05, 0.1) is 7.05 Å². The van der Waals surface area contributed by atoms with Crippen molar-refractivity contribution in [3.63, 3.8) is 0 Å². The third kappa shape index (κ3) is 5.67. The van der Waals surface area contributed by atoms with Crippen molar-refractivity contribution in [3.8, 4) is 5.75 Å². The molecule has 1 aromatic heterocycles. The molecule has 1 amide bonds. The number of rotatable bonds is 7. The van der Waals surface area contributed by atoms with Crippen LogP contribution in [0.2, 0.25) is 0 Å². The van der Waals surface area contributed by atoms with E-state index in [9.17, 15) is 4.79 Å². The lowest BCUT2D eigenvalue weighted by atomic mass is 10.2. The highest BCUT2D eigenvalue weighted by Gasteiger charge is 2.09. The molecule has 6 nitrogen and oxygen atoms in total. The van der Waals surface area contributed by atoms with Gasteiger partial charge in [-0.2, -0.15) is 5.43 Å². The van der Waals surface area contributed by atoms with Gasteiger partial charge in [0, 0.05) is 12.5 Å². The molecule has 0 unspecified atom stereocenters. The lowest BCUT2D eigenvalue weighted by molar-refractivity contribution is -0.677. The zero-order valence-corrected chi connectivity index (χ0v) is 16.9. The predicted octanol–water partition coefficient (Wildman–Crippen LogP) is -0.904. The summed E-state index contributed by atoms with van der Waals surface area (Å²) in [5.41, 5.74) is 7.31. The smallest absolute Gasteiger partial charge is 0.265 e. The molecule has 0 radical (unpaired) electrons. The number of imidazole rings is 1. The van der Waals surface area contributed by atoms with Crippen LogP contribution in [0.4, 0.5) is 0 Å². The molecule has 7 heteroatoms. The molecule has 0 saturated carbocycles. The van der Waals surface area contributed by atoms with Crippen molar-refractivity contribution in [3.05, 3.63) is 83.9 Å². The van der Waals surface area contributed by atoms with Crippen LogP contribution in [0.25, 0.3) is 0 Å². The molecule has 0 fully saturated rings. The molecule has 142 valence electrons. The molecular weight excluding hydrogens is 408 g/mol. The van der Waals surface area contributed by atoms with Crippen molar-refractivity contribution in [1.29, 1.82) is 0 Å². The van der Waals surface area contributed by atoms with Crippen molar-refractivity contribution in [2.24, 2.45) is 7.05 Å². The molecule has 3 aromatic rings. The van der Waals surface area contributed by atoms with Gasteiger partial charge in [-0.25, -0.2) is 9.13 Å². The molecular formula is C20H23BrN4O2. The van der Waals surface area contributed by atoms with Gasteiger partial charge in [0.15, 0.2) is 6.67 Å². The first-order chi connectivity index (χ1) is 12.6. The number of hydrogen-bond donors (Lipinski definition) is 2. The highest BCUT2D eigenvalue weighted by atomic mass is 79.9. The maximum atomic E-state index is 12.2. The second kappa shape index (κ2) is 9.89. The van der Waals surface area contributed by atoms with Gasteiger partial charge >= 0.3 is 0 Å². The number of aromatic nitrogens is 2. The van der Waals surface area contributed by atoms with Gasteiger partial charge in [-0.1, -0.05) is 30.3 Å². The molecule has 2 N–H and O–H groups in total. The Morgan fingerprint density at radius 3 is 2.44 bits per heavy atom. The fraction of sp³-hybridized carbons (Fsp3) is 0.200. The van der Waals surface area contributed by atoms with Crippen molar-refractivity contribution >= 4 is 5.91 Å². The molecule has 0 spiro atoms. The summed E-state index contributed by atoms with van der Waals surface area (Å²) >= 11 is 0. The van der Waals surface area contributed by atoms with E-state index in [-0.39, 0.29) is 22.9 Å². The highest BCUT2D eigenvalue weighted by molar-refractivity contribution is 5.93. The van der Waals surface area contributed by atoms with Crippen LogP contribution in [0.1, 0.15) is 21.7 Å². The monoisotopic (exact) mass is 430 g/mol. The fourth-order valence-corrected chi connectivity index (χ4v) is 2.49. The molecule has 27 heavy (non-hydrogen) atoms. The summed E-state index contributed by atoms with van der Waals surface area (Å²) < 4.78 is 9.74. The topological polar surface area (TPSA) is 59.2 Å². The Kier molecular flexibility index (Phi) is 7.57. The zero-order chi connectivity index (χ0) is 18.4. The first-order valence-corrected chi connectivity index (χ1v) is 8.45. The summed E-state index contributed by atoms with van der Waals surface area (Å²) in [4.78, 5) is 12.2. The summed E-state index contributed by atoms with van der Waals surface area (Å²) in [5.74, 6) is 1.63. The number of carbonyl (C=O) groups excluding carboxylic acids is 1. The van der Waals surface area contributed by atoms with E-state index in [1.807, 2.05) is 65.8 Å². The number of hydrazine groups is 1. The minimum Gasteiger partial charge on any atom is -1.00 e. The van der Waals surface area contributed by atoms with Crippen molar-refractivity contribution in [2.45, 2.75) is 20.2 Å². The average Bonchev–Trinajstić information content (AvgIpc) is 3.00. The molecule has 0 aliphatic rings. The third-order valence-corrected chi connectivity index (χ3v) is 4.21. The molecule has 0 bridgehead atoms. The van der Waals surface area contributed by atoms with E-state index >= 15 is 0 Å². The van der Waals surface area contributed by atoms with Crippen LogP contribution < -0.4 is 37.1 Å². The SMILES string of the molecule is Cc1n(CNNC(=O)c2ccc(OCc3ccccc3)cc2)cc[n+]1C.[Br-]. The molecule has 0 saturated heterocycles. The van der Waals surface area contributed by atoms with Gasteiger partial charge < -0.3 is 21.7 Å². The highest BCUT2D eigenvalue weighted by Crippen LogP contribution is 2.14. The number of carbonyl (C=O) groups is 1. The van der Waals surface area contributed by atoms with Crippen LogP contribution in [-0.4, -0.2) is 10.5 Å². The first kappa shape index (κ1) is 20.7. The maximum Gasteiger partial charge on any atom is 0.265 e. The number of nitrogens with zero attached hydrogens (tertiary/aromatic N) is 2. The van der Waals surface area contributed by atoms with Crippen LogP contribution in [0.3, 0.4) is 0 Å². The Bertz CT molecular complexity index is 863. The molecule has 0 aliphatic heterocycles. The minimum absolute atomic E-state index is 0. The van der Waals surface area contributed by atoms with E-state index in [0.29, 0.717) is 18.8 Å². The van der Waals surface area contributed by atoms with Crippen LogP contribution >= 0.6 is 0 Å². The summed E-state index contributed by atoms with van der Waals surface area (Å²) in [6.45, 7) is 3.01. The van der Waals surface area contributed by atoms with Gasteiger partial charge in [0.2, 0.25) is 0 Å². The van der Waals surface area contributed by atoms with Crippen LogP contribution in [0.15, 0.2) is 67.0 Å². The summed E-state index contributed by atoms with van der Waals surface area (Å²) in [6, 6.07) is 17.1. The molecule has 0 aliphatic carbocycles. The molecule has 1 heterocycles. The number of hydrogen-bond acceptors (Lipinski definition) is 3. The van der Waals surface area contributed by atoms with Crippen LogP contribution in [0, 0.1) is 6.92 Å². The number of halogens is 1. The summed E-state index contributed by atoms with van der Waals surface area (Å²) in [5, 5.41) is 0. The lowest BCUT2D eigenvalue weighted by Gasteiger charge is -2.08. The number of aryl methyl sites for hydroxylation is 1. The Balaban J connectivity index is 0.00000261. The second-order valence-corrected chi connectivity index (χ2v) is 6.01. The van der Waals surface area contributed by atoms with Gasteiger partial charge in [-0.3, -0.25) is 10.2 Å². The second-order valence-electron chi connectivity index (χ2n) is 6.01. The summed E-state index contributed by atoms with van der Waals surface area (Å²) in [6.07, 6.45) is 3.92. The number of benzene rings is 2. The average molecular weight is 431 g/mol. The van der Waals surface area contributed by atoms with Crippen molar-refractivity contribution in [2.75, 3.05) is 0 Å². The van der Waals surface area contributed by atoms with E-state index in [1.165, 1.54) is 0 Å². The van der Waals surface area contributed by atoms with Crippen LogP contribution in [-0.2, 0) is 20.3 Å². The quantitative estimate of drug-likeness (QED) is 0.377. The van der Waals surface area contributed by atoms with Gasteiger partial charge in [-0.05, 0) is 29.8 Å². The fourth-order valence-electron chi connectivity index (χ4n) is 2.49. The maximum absolute atomic E-state index is 12.2. The Labute approximate surface area is 169 Å². The van der Waals surface area contributed by atoms with Gasteiger partial charge in [0.1, 0.15) is 24.8 Å². The van der Waals surface area contributed by atoms with Crippen molar-refractivity contribution in [1.82, 2.24) is 15.4 Å². The largest absolute Gasteiger partial charge is 1.00 e. The lowest BCUT2D eigenvalue weighted by Crippen LogP contribution is -3.00. The first-order valence-electron chi connectivity index (χ1n) is 8.45. The third-order valence-electron chi connectivity index (χ3n) is 4.21. The van der Waals surface area contributed by atoms with Crippen LogP contribution in [0.5, 0.6) is 5.75 Å². The van der Waals surface area contributed by atoms with E-state index in [1.54, 1.807) is 24.3 Å². The molecule has 3 rings (SSSR count). The number of nitrogens with one attached hydrogen (secondary N) is 2. The van der Waals surface area contributed by atoms with E-state index < -0.39 is 0 Å². The Hall–Kier alpha value is -2.64. The number of amides is 1.